The molecule has 1 rings (SSSR count). The Kier molecular flexibility index (Phi) is 4.97. The van der Waals surface area contributed by atoms with Crippen LogP contribution < -0.4 is 4.42 Å². The molecule has 86 valence electrons. The maximum Gasteiger partial charge on any atom is 0.101 e. The van der Waals surface area contributed by atoms with Crippen LogP contribution in [0.4, 0.5) is 5.69 Å². The molecule has 0 bridgehead atoms. The number of hydrogen-bond donors (Lipinski definition) is 1. The first kappa shape index (κ1) is 13.7. The molecule has 1 aromatic carbocycles. The fraction of sp³-hybridized carbons (Fsp3) is 0.222. The van der Waals surface area contributed by atoms with Gasteiger partial charge in [-0.05, 0) is 6.07 Å². The van der Waals surface area contributed by atoms with E-state index in [0.29, 0.717) is 5.69 Å². The standard InChI is InChI=1S/C9H6Cl4N2O/c10-7-5(4-14)3-6(8(11)9(7)12)15(13)1-2-16/h3,16H,1-2H2. The highest BCUT2D eigenvalue weighted by Gasteiger charge is 2.17. The van der Waals surface area contributed by atoms with Crippen molar-refractivity contribution < 1.29 is 5.11 Å². The van der Waals surface area contributed by atoms with E-state index in [0.717, 1.165) is 0 Å². The third-order valence-corrected chi connectivity index (χ3v) is 3.50. The molecular formula is C9H6Cl4N2O. The molecule has 16 heavy (non-hydrogen) atoms. The van der Waals surface area contributed by atoms with Gasteiger partial charge in [0.25, 0.3) is 0 Å². The van der Waals surface area contributed by atoms with E-state index in [1.54, 1.807) is 0 Å². The van der Waals surface area contributed by atoms with Crippen LogP contribution in [0.1, 0.15) is 5.56 Å². The number of hydrogen-bond acceptors (Lipinski definition) is 3. The Morgan fingerprint density at radius 2 is 1.88 bits per heavy atom. The van der Waals surface area contributed by atoms with Crippen LogP contribution in [0.25, 0.3) is 0 Å². The number of aliphatic hydroxyl groups excluding tert-OH is 1. The molecule has 0 saturated carbocycles. The Morgan fingerprint density at radius 3 is 2.38 bits per heavy atom. The molecule has 3 nitrogen and oxygen atoms in total. The SMILES string of the molecule is N#Cc1cc(N(Cl)CCO)c(Cl)c(Cl)c1Cl. The van der Waals surface area contributed by atoms with E-state index in [1.165, 1.54) is 10.5 Å². The van der Waals surface area contributed by atoms with Crippen molar-refractivity contribution in [2.75, 3.05) is 17.6 Å². The zero-order valence-electron chi connectivity index (χ0n) is 7.85. The minimum absolute atomic E-state index is 0.0703. The number of nitrogens with zero attached hydrogens (tertiary/aromatic N) is 2. The van der Waals surface area contributed by atoms with E-state index in [1.807, 2.05) is 6.07 Å². The Balaban J connectivity index is 3.31. The van der Waals surface area contributed by atoms with Crippen molar-refractivity contribution in [2.45, 2.75) is 0 Å². The zero-order chi connectivity index (χ0) is 12.3. The average Bonchev–Trinajstić information content (AvgIpc) is 2.27. The fourth-order valence-electron chi connectivity index (χ4n) is 1.06. The third kappa shape index (κ3) is 2.65. The van der Waals surface area contributed by atoms with Crippen LogP contribution in [0.5, 0.6) is 0 Å². The van der Waals surface area contributed by atoms with Crippen LogP contribution in [0.3, 0.4) is 0 Å². The summed E-state index contributed by atoms with van der Waals surface area (Å²) in [5, 5.41) is 17.9. The molecule has 0 aliphatic rings. The van der Waals surface area contributed by atoms with Crippen molar-refractivity contribution in [2.24, 2.45) is 0 Å². The molecule has 0 atom stereocenters. The molecule has 1 N–H and O–H groups in total. The van der Waals surface area contributed by atoms with Gasteiger partial charge in [0.2, 0.25) is 0 Å². The Hall–Kier alpha value is -0.370. The fourth-order valence-corrected chi connectivity index (χ4v) is 2.00. The molecule has 0 spiro atoms. The van der Waals surface area contributed by atoms with Crippen molar-refractivity contribution in [3.63, 3.8) is 0 Å². The van der Waals surface area contributed by atoms with Gasteiger partial charge in [-0.15, -0.1) is 0 Å². The summed E-state index contributed by atoms with van der Waals surface area (Å²) >= 11 is 23.4. The highest BCUT2D eigenvalue weighted by molar-refractivity contribution is 6.50. The van der Waals surface area contributed by atoms with Gasteiger partial charge in [-0.1, -0.05) is 34.8 Å². The Labute approximate surface area is 113 Å². The van der Waals surface area contributed by atoms with E-state index < -0.39 is 0 Å². The summed E-state index contributed by atoms with van der Waals surface area (Å²) in [6.45, 7) is 0.00602. The number of aliphatic hydroxyl groups is 1. The maximum atomic E-state index is 8.82. The van der Waals surface area contributed by atoms with Gasteiger partial charge in [0.1, 0.15) is 6.07 Å². The minimum atomic E-state index is -0.151. The number of nitriles is 1. The molecule has 0 fully saturated rings. The largest absolute Gasteiger partial charge is 0.394 e. The van der Waals surface area contributed by atoms with E-state index in [2.05, 4.69) is 0 Å². The van der Waals surface area contributed by atoms with Crippen molar-refractivity contribution in [3.8, 4) is 6.07 Å². The van der Waals surface area contributed by atoms with E-state index in [4.69, 9.17) is 56.9 Å². The second kappa shape index (κ2) is 5.81. The highest BCUT2D eigenvalue weighted by atomic mass is 35.5. The summed E-state index contributed by atoms with van der Waals surface area (Å²) in [5.74, 6) is 0. The topological polar surface area (TPSA) is 47.3 Å². The lowest BCUT2D eigenvalue weighted by Crippen LogP contribution is -2.15. The average molecular weight is 300 g/mol. The zero-order valence-corrected chi connectivity index (χ0v) is 10.9. The van der Waals surface area contributed by atoms with Gasteiger partial charge < -0.3 is 5.11 Å². The molecule has 7 heteroatoms. The van der Waals surface area contributed by atoms with Crippen molar-refractivity contribution >= 4 is 52.3 Å². The lowest BCUT2D eigenvalue weighted by molar-refractivity contribution is 0.307. The van der Waals surface area contributed by atoms with Crippen LogP contribution in [-0.4, -0.2) is 18.3 Å². The van der Waals surface area contributed by atoms with Crippen molar-refractivity contribution in [1.82, 2.24) is 0 Å². The smallest absolute Gasteiger partial charge is 0.101 e. The molecule has 0 saturated heterocycles. The van der Waals surface area contributed by atoms with Crippen LogP contribution in [-0.2, 0) is 0 Å². The van der Waals surface area contributed by atoms with Gasteiger partial charge in [0, 0.05) is 11.8 Å². The number of anilines is 1. The summed E-state index contributed by atoms with van der Waals surface area (Å²) in [4.78, 5) is 0. The first-order valence-corrected chi connectivity index (χ1v) is 5.61. The molecule has 0 radical (unpaired) electrons. The quantitative estimate of drug-likeness (QED) is 0.687. The van der Waals surface area contributed by atoms with Crippen LogP contribution in [0.15, 0.2) is 6.07 Å². The molecular weight excluding hydrogens is 294 g/mol. The third-order valence-electron chi connectivity index (χ3n) is 1.81. The summed E-state index contributed by atoms with van der Waals surface area (Å²) in [7, 11) is 0. The number of rotatable bonds is 3. The van der Waals surface area contributed by atoms with E-state index >= 15 is 0 Å². The summed E-state index contributed by atoms with van der Waals surface area (Å²) < 4.78 is 1.17. The van der Waals surface area contributed by atoms with Crippen LogP contribution in [0, 0.1) is 11.3 Å². The first-order chi connectivity index (χ1) is 7.52. The van der Waals surface area contributed by atoms with E-state index in [9.17, 15) is 0 Å². The van der Waals surface area contributed by atoms with Gasteiger partial charge in [-0.2, -0.15) is 5.26 Å². The second-order valence-corrected chi connectivity index (χ2v) is 4.35. The van der Waals surface area contributed by atoms with Crippen LogP contribution >= 0.6 is 46.6 Å². The first-order valence-electron chi connectivity index (χ1n) is 4.14. The van der Waals surface area contributed by atoms with Crippen LogP contribution in [0.2, 0.25) is 15.1 Å². The lowest BCUT2D eigenvalue weighted by atomic mass is 10.2. The van der Waals surface area contributed by atoms with Gasteiger partial charge in [-0.3, -0.25) is 4.42 Å². The normalized spacial score (nSPS) is 10.0. The molecule has 0 amide bonds. The van der Waals surface area contributed by atoms with Gasteiger partial charge in [0.15, 0.2) is 0 Å². The minimum Gasteiger partial charge on any atom is -0.394 e. The van der Waals surface area contributed by atoms with Crippen molar-refractivity contribution in [1.29, 1.82) is 5.26 Å². The highest BCUT2D eigenvalue weighted by Crippen LogP contribution is 2.40. The number of halogens is 4. The summed E-state index contributed by atoms with van der Waals surface area (Å²) in [6, 6.07) is 3.29. The molecule has 0 aliphatic carbocycles. The molecule has 0 unspecified atom stereocenters. The van der Waals surface area contributed by atoms with Gasteiger partial charge in [-0.25, -0.2) is 0 Å². The number of benzene rings is 1. The summed E-state index contributed by atoms with van der Waals surface area (Å²) in [6.07, 6.45) is 0. The summed E-state index contributed by atoms with van der Waals surface area (Å²) in [5.41, 5.74) is 0.512. The van der Waals surface area contributed by atoms with Crippen molar-refractivity contribution in [3.05, 3.63) is 26.7 Å². The monoisotopic (exact) mass is 298 g/mol. The van der Waals surface area contributed by atoms with E-state index in [-0.39, 0.29) is 33.8 Å². The lowest BCUT2D eigenvalue weighted by Gasteiger charge is -2.17. The maximum absolute atomic E-state index is 8.82. The second-order valence-electron chi connectivity index (χ2n) is 2.81. The Morgan fingerprint density at radius 1 is 1.25 bits per heavy atom. The predicted molar refractivity (Wildman–Crippen MR) is 66.5 cm³/mol. The van der Waals surface area contributed by atoms with Gasteiger partial charge >= 0.3 is 0 Å². The molecule has 0 aliphatic heterocycles. The molecule has 1 aromatic rings. The predicted octanol–water partition coefficient (Wildman–Crippen LogP) is 3.47. The molecule has 0 aromatic heterocycles. The molecule has 0 heterocycles. The van der Waals surface area contributed by atoms with Gasteiger partial charge in [0.05, 0.1) is 39.5 Å². The Bertz CT molecular complexity index is 444.